The third kappa shape index (κ3) is 3.26. The Kier molecular flexibility index (Phi) is 4.32. The quantitative estimate of drug-likeness (QED) is 0.548. The van der Waals surface area contributed by atoms with E-state index in [0.717, 1.165) is 17.0 Å². The fraction of sp³-hybridized carbons (Fsp3) is 0.0556. The maximum atomic E-state index is 12.3. The van der Waals surface area contributed by atoms with Gasteiger partial charge in [-0.15, -0.1) is 11.3 Å². The Morgan fingerprint density at radius 1 is 1.27 bits per heavy atom. The summed E-state index contributed by atoms with van der Waals surface area (Å²) in [7, 11) is 0. The number of hydrogen-bond acceptors (Lipinski definition) is 5. The van der Waals surface area contributed by atoms with E-state index in [2.05, 4.69) is 15.4 Å². The number of halogens is 1. The molecule has 0 fully saturated rings. The summed E-state index contributed by atoms with van der Waals surface area (Å²) in [6.45, 7) is 1.85. The summed E-state index contributed by atoms with van der Waals surface area (Å²) in [5.41, 5.74) is 2.54. The van der Waals surface area contributed by atoms with Gasteiger partial charge in [-0.25, -0.2) is 4.98 Å². The van der Waals surface area contributed by atoms with Crippen LogP contribution in [0.4, 0.5) is 5.82 Å². The van der Waals surface area contributed by atoms with Crippen LogP contribution in [0.2, 0.25) is 5.02 Å². The Bertz CT molecular complexity index is 1050. The van der Waals surface area contributed by atoms with Crippen LogP contribution in [-0.4, -0.2) is 20.7 Å². The molecule has 3 aromatic heterocycles. The molecular weight excluding hydrogens is 372 g/mol. The van der Waals surface area contributed by atoms with Crippen molar-refractivity contribution in [3.8, 4) is 16.4 Å². The minimum absolute atomic E-state index is 0.233. The van der Waals surface area contributed by atoms with E-state index in [-0.39, 0.29) is 11.7 Å². The van der Waals surface area contributed by atoms with Crippen LogP contribution >= 0.6 is 22.9 Å². The summed E-state index contributed by atoms with van der Waals surface area (Å²) in [6, 6.07) is 12.5. The summed E-state index contributed by atoms with van der Waals surface area (Å²) in [4.78, 5) is 16.9. The molecule has 0 unspecified atom stereocenters. The minimum Gasteiger partial charge on any atom is -0.459 e. The molecule has 4 rings (SSSR count). The summed E-state index contributed by atoms with van der Waals surface area (Å²) in [5, 5.41) is 10.5. The summed E-state index contributed by atoms with van der Waals surface area (Å²) in [6.07, 6.45) is 1.46. The first-order chi connectivity index (χ1) is 12.6. The topological polar surface area (TPSA) is 73.0 Å². The van der Waals surface area contributed by atoms with Crippen LogP contribution in [0.5, 0.6) is 0 Å². The van der Waals surface area contributed by atoms with Crippen molar-refractivity contribution in [2.45, 2.75) is 6.92 Å². The average Bonchev–Trinajstić information content (AvgIpc) is 3.35. The van der Waals surface area contributed by atoms with Crippen molar-refractivity contribution in [1.82, 2.24) is 14.8 Å². The zero-order valence-electron chi connectivity index (χ0n) is 13.6. The molecular formula is C18H13ClN4O2S. The van der Waals surface area contributed by atoms with Gasteiger partial charge in [0.25, 0.3) is 5.91 Å². The molecule has 0 radical (unpaired) electrons. The summed E-state index contributed by atoms with van der Waals surface area (Å²) >= 11 is 7.37. The van der Waals surface area contributed by atoms with Gasteiger partial charge in [0.15, 0.2) is 5.76 Å². The van der Waals surface area contributed by atoms with E-state index in [1.54, 1.807) is 22.9 Å². The number of nitrogens with one attached hydrogen (secondary N) is 1. The Morgan fingerprint density at radius 2 is 2.08 bits per heavy atom. The number of benzene rings is 1. The average molecular weight is 385 g/mol. The van der Waals surface area contributed by atoms with Gasteiger partial charge >= 0.3 is 0 Å². The monoisotopic (exact) mass is 384 g/mol. The molecule has 3 heterocycles. The van der Waals surface area contributed by atoms with Crippen molar-refractivity contribution in [2.75, 3.05) is 5.32 Å². The Hall–Kier alpha value is -2.90. The molecule has 0 saturated carbocycles. The highest BCUT2D eigenvalue weighted by Gasteiger charge is 2.16. The summed E-state index contributed by atoms with van der Waals surface area (Å²) in [5.74, 6) is 0.419. The number of hydrogen-bond donors (Lipinski definition) is 1. The number of aryl methyl sites for hydroxylation is 1. The lowest BCUT2D eigenvalue weighted by molar-refractivity contribution is 0.0996. The van der Waals surface area contributed by atoms with Crippen LogP contribution in [0.3, 0.4) is 0 Å². The highest BCUT2D eigenvalue weighted by Crippen LogP contribution is 2.27. The van der Waals surface area contributed by atoms with Crippen LogP contribution < -0.4 is 5.32 Å². The SMILES string of the molecule is Cc1cc(NC(=O)c2ccco2)n(-c2nc(-c3ccc(Cl)cc3)cs2)n1. The van der Waals surface area contributed by atoms with Crippen LogP contribution in [-0.2, 0) is 0 Å². The number of carbonyl (C=O) groups excluding carboxylic acids is 1. The number of anilines is 1. The first-order valence-electron chi connectivity index (χ1n) is 7.73. The van der Waals surface area contributed by atoms with Gasteiger partial charge in [-0.1, -0.05) is 23.7 Å². The summed E-state index contributed by atoms with van der Waals surface area (Å²) < 4.78 is 6.74. The zero-order valence-corrected chi connectivity index (χ0v) is 15.2. The van der Waals surface area contributed by atoms with Gasteiger partial charge in [0.1, 0.15) is 5.82 Å². The third-order valence-electron chi connectivity index (χ3n) is 3.63. The van der Waals surface area contributed by atoms with E-state index < -0.39 is 0 Å². The lowest BCUT2D eigenvalue weighted by Gasteiger charge is -2.04. The molecule has 0 aliphatic heterocycles. The van der Waals surface area contributed by atoms with Crippen LogP contribution in [0.1, 0.15) is 16.2 Å². The van der Waals surface area contributed by atoms with Gasteiger partial charge in [-0.2, -0.15) is 9.78 Å². The standard InChI is InChI=1S/C18H13ClN4O2S/c1-11-9-16(21-17(24)15-3-2-8-25-15)23(22-11)18-20-14(10-26-18)12-4-6-13(19)7-5-12/h2-10H,1H3,(H,21,24). The molecule has 0 aliphatic carbocycles. The minimum atomic E-state index is -0.342. The molecule has 1 N–H and O–H groups in total. The lowest BCUT2D eigenvalue weighted by Crippen LogP contribution is -2.14. The predicted octanol–water partition coefficient (Wildman–Crippen LogP) is 4.80. The number of nitrogens with zero attached hydrogens (tertiary/aromatic N) is 3. The number of amides is 1. The number of aromatic nitrogens is 3. The largest absolute Gasteiger partial charge is 0.459 e. The van der Waals surface area contributed by atoms with Gasteiger partial charge in [0.2, 0.25) is 5.13 Å². The molecule has 4 aromatic rings. The number of thiazole rings is 1. The number of rotatable bonds is 4. The van der Waals surface area contributed by atoms with Crippen molar-refractivity contribution in [3.05, 3.63) is 70.6 Å². The molecule has 0 bridgehead atoms. The normalized spacial score (nSPS) is 10.8. The molecule has 0 spiro atoms. The van der Waals surface area contributed by atoms with Crippen molar-refractivity contribution in [3.63, 3.8) is 0 Å². The Morgan fingerprint density at radius 3 is 2.81 bits per heavy atom. The third-order valence-corrected chi connectivity index (χ3v) is 4.70. The highest BCUT2D eigenvalue weighted by molar-refractivity contribution is 7.12. The van der Waals surface area contributed by atoms with E-state index in [1.807, 2.05) is 36.6 Å². The molecule has 0 aliphatic rings. The second-order valence-electron chi connectivity index (χ2n) is 5.54. The molecule has 1 amide bonds. The van der Waals surface area contributed by atoms with Gasteiger partial charge in [0.05, 0.1) is 17.7 Å². The van der Waals surface area contributed by atoms with Crippen LogP contribution in [0.25, 0.3) is 16.4 Å². The zero-order chi connectivity index (χ0) is 18.1. The fourth-order valence-corrected chi connectivity index (χ4v) is 3.36. The first-order valence-corrected chi connectivity index (χ1v) is 8.99. The maximum absolute atomic E-state index is 12.3. The lowest BCUT2D eigenvalue weighted by atomic mass is 10.2. The van der Waals surface area contributed by atoms with Gasteiger partial charge in [0, 0.05) is 22.0 Å². The van der Waals surface area contributed by atoms with Crippen LogP contribution in [0.15, 0.2) is 58.5 Å². The van der Waals surface area contributed by atoms with Crippen molar-refractivity contribution >= 4 is 34.7 Å². The number of carbonyl (C=O) groups is 1. The molecule has 1 aromatic carbocycles. The van der Waals surface area contributed by atoms with Crippen molar-refractivity contribution in [2.24, 2.45) is 0 Å². The molecule has 0 atom stereocenters. The van der Waals surface area contributed by atoms with Gasteiger partial charge in [-0.05, 0) is 31.2 Å². The Balaban J connectivity index is 1.64. The second-order valence-corrected chi connectivity index (χ2v) is 6.81. The maximum Gasteiger partial charge on any atom is 0.292 e. The molecule has 130 valence electrons. The molecule has 6 nitrogen and oxygen atoms in total. The van der Waals surface area contributed by atoms with E-state index in [4.69, 9.17) is 16.0 Å². The van der Waals surface area contributed by atoms with E-state index in [0.29, 0.717) is 16.0 Å². The van der Waals surface area contributed by atoms with Crippen LogP contribution in [0, 0.1) is 6.92 Å². The molecule has 0 saturated heterocycles. The highest BCUT2D eigenvalue weighted by atomic mass is 35.5. The van der Waals surface area contributed by atoms with Crippen molar-refractivity contribution in [1.29, 1.82) is 0 Å². The number of furan rings is 1. The van der Waals surface area contributed by atoms with E-state index in [1.165, 1.54) is 17.6 Å². The van der Waals surface area contributed by atoms with Crippen molar-refractivity contribution < 1.29 is 9.21 Å². The predicted molar refractivity (Wildman–Crippen MR) is 101 cm³/mol. The second kappa shape index (κ2) is 6.78. The fourth-order valence-electron chi connectivity index (χ4n) is 2.43. The van der Waals surface area contributed by atoms with E-state index >= 15 is 0 Å². The van der Waals surface area contributed by atoms with E-state index in [9.17, 15) is 4.79 Å². The first kappa shape index (κ1) is 16.6. The smallest absolute Gasteiger partial charge is 0.292 e. The van der Waals surface area contributed by atoms with Gasteiger partial charge < -0.3 is 9.73 Å². The van der Waals surface area contributed by atoms with Gasteiger partial charge in [-0.3, -0.25) is 4.79 Å². The molecule has 26 heavy (non-hydrogen) atoms. The molecule has 8 heteroatoms. The Labute approximate surface area is 158 Å².